The Bertz CT molecular complexity index is 354. The summed E-state index contributed by atoms with van der Waals surface area (Å²) in [5, 5.41) is 8.92. The fourth-order valence-electron chi connectivity index (χ4n) is 1.38. The fraction of sp³-hybridized carbons (Fsp3) is 0.700. The summed E-state index contributed by atoms with van der Waals surface area (Å²) >= 11 is 0.451. The van der Waals surface area contributed by atoms with E-state index in [1.165, 1.54) is 0 Å². The smallest absolute Gasteiger partial charge is 0.385 e. The molecule has 98 valence electrons. The monoisotopic (exact) mass is 269 g/mol. The summed E-state index contributed by atoms with van der Waals surface area (Å²) in [5.41, 5.74) is 0. The largest absolute Gasteiger partial charge is 0.443 e. The molecular weight excluding hydrogens is 255 g/mol. The zero-order valence-corrected chi connectivity index (χ0v) is 10.3. The molecule has 0 aliphatic carbocycles. The van der Waals surface area contributed by atoms with E-state index < -0.39 is 23.4 Å². The summed E-state index contributed by atoms with van der Waals surface area (Å²) in [7, 11) is 0. The van der Waals surface area contributed by atoms with Crippen molar-refractivity contribution in [2.45, 2.75) is 38.7 Å². The second kappa shape index (κ2) is 5.79. The van der Waals surface area contributed by atoms with Crippen molar-refractivity contribution in [2.75, 3.05) is 6.61 Å². The number of hydrogen-bond donors (Lipinski definition) is 1. The maximum Gasteiger partial charge on any atom is 0.443 e. The quantitative estimate of drug-likeness (QED) is 0.893. The highest BCUT2D eigenvalue weighted by atomic mass is 32.1. The Hall–Kier alpha value is -0.660. The lowest BCUT2D eigenvalue weighted by Gasteiger charge is -2.19. The number of ether oxygens (including phenoxy) is 1. The molecule has 0 radical (unpaired) electrons. The van der Waals surface area contributed by atoms with Crippen LogP contribution in [0.5, 0.6) is 0 Å². The molecule has 0 spiro atoms. The van der Waals surface area contributed by atoms with Crippen molar-refractivity contribution in [1.82, 2.24) is 4.98 Å². The Kier molecular flexibility index (Phi) is 4.91. The summed E-state index contributed by atoms with van der Waals surface area (Å²) in [6.45, 7) is 3.97. The van der Waals surface area contributed by atoms with Gasteiger partial charge in [0.15, 0.2) is 5.01 Å². The van der Waals surface area contributed by atoms with E-state index in [-0.39, 0.29) is 4.88 Å². The molecular formula is C10H14F3NO2S. The van der Waals surface area contributed by atoms with Crippen molar-refractivity contribution in [1.29, 1.82) is 0 Å². The van der Waals surface area contributed by atoms with Gasteiger partial charge in [-0.15, -0.1) is 11.3 Å². The van der Waals surface area contributed by atoms with Crippen molar-refractivity contribution in [3.63, 3.8) is 0 Å². The lowest BCUT2D eigenvalue weighted by Crippen LogP contribution is -2.20. The molecule has 1 heterocycles. The van der Waals surface area contributed by atoms with Crippen LogP contribution < -0.4 is 0 Å². The third kappa shape index (κ3) is 3.65. The van der Waals surface area contributed by atoms with E-state index in [1.807, 2.05) is 0 Å². The molecule has 0 saturated carbocycles. The molecule has 1 aromatic heterocycles. The number of aromatic nitrogens is 1. The maximum absolute atomic E-state index is 12.3. The third-order valence-corrected chi connectivity index (χ3v) is 3.31. The van der Waals surface area contributed by atoms with Gasteiger partial charge in [-0.2, -0.15) is 13.2 Å². The number of nitrogens with zero attached hydrogens (tertiary/aromatic N) is 1. The molecule has 0 amide bonds. The van der Waals surface area contributed by atoms with Gasteiger partial charge in [-0.05, 0) is 13.3 Å². The number of halogens is 3. The van der Waals surface area contributed by atoms with Gasteiger partial charge in [-0.1, -0.05) is 6.92 Å². The first-order chi connectivity index (χ1) is 7.90. The van der Waals surface area contributed by atoms with Crippen LogP contribution in [0.3, 0.4) is 0 Å². The van der Waals surface area contributed by atoms with Gasteiger partial charge < -0.3 is 9.84 Å². The molecule has 0 saturated heterocycles. The van der Waals surface area contributed by atoms with Crippen LogP contribution in [-0.2, 0) is 10.9 Å². The molecule has 17 heavy (non-hydrogen) atoms. The van der Waals surface area contributed by atoms with Crippen LogP contribution in [0.2, 0.25) is 0 Å². The Balaban J connectivity index is 2.82. The van der Waals surface area contributed by atoms with Crippen molar-refractivity contribution in [3.8, 4) is 0 Å². The minimum Gasteiger partial charge on any atom is -0.385 e. The van der Waals surface area contributed by atoms with E-state index in [0.29, 0.717) is 24.4 Å². The average Bonchev–Trinajstić information content (AvgIpc) is 2.73. The number of hydrogen-bond acceptors (Lipinski definition) is 4. The minimum atomic E-state index is -4.46. The first-order valence-electron chi connectivity index (χ1n) is 5.22. The lowest BCUT2D eigenvalue weighted by atomic mass is 10.1. The molecule has 1 N–H and O–H groups in total. The Morgan fingerprint density at radius 3 is 2.53 bits per heavy atom. The molecule has 1 aromatic rings. The van der Waals surface area contributed by atoms with Crippen LogP contribution in [0.25, 0.3) is 0 Å². The van der Waals surface area contributed by atoms with E-state index in [0.717, 1.165) is 6.20 Å². The van der Waals surface area contributed by atoms with E-state index in [9.17, 15) is 18.3 Å². The molecule has 0 bridgehead atoms. The highest BCUT2D eigenvalue weighted by molar-refractivity contribution is 7.11. The molecule has 0 fully saturated rings. The SMILES string of the molecule is CCOC(CC)C(O)c1cnc(C(F)(F)F)s1. The molecule has 7 heteroatoms. The Morgan fingerprint density at radius 2 is 2.12 bits per heavy atom. The van der Waals surface area contributed by atoms with Gasteiger partial charge >= 0.3 is 6.18 Å². The van der Waals surface area contributed by atoms with Crippen LogP contribution in [0.15, 0.2) is 6.20 Å². The second-order valence-corrected chi connectivity index (χ2v) is 4.47. The number of aliphatic hydroxyl groups excluding tert-OH is 1. The summed E-state index contributed by atoms with van der Waals surface area (Å²) in [5.74, 6) is 0. The summed E-state index contributed by atoms with van der Waals surface area (Å²) in [6, 6.07) is 0. The standard InChI is InChI=1S/C10H14F3NO2S/c1-3-6(16-4-2)8(15)7-5-14-9(17-7)10(11,12)13/h5-6,8,15H,3-4H2,1-2H3. The van der Waals surface area contributed by atoms with Gasteiger partial charge in [0.2, 0.25) is 0 Å². The van der Waals surface area contributed by atoms with Gasteiger partial charge in [-0.3, -0.25) is 0 Å². The number of thiazole rings is 1. The molecule has 0 aliphatic heterocycles. The van der Waals surface area contributed by atoms with E-state index >= 15 is 0 Å². The van der Waals surface area contributed by atoms with Crippen LogP contribution in [0.1, 0.15) is 36.3 Å². The summed E-state index contributed by atoms with van der Waals surface area (Å²) < 4.78 is 42.2. The second-order valence-electron chi connectivity index (χ2n) is 3.41. The number of alkyl halides is 3. The van der Waals surface area contributed by atoms with Crippen molar-refractivity contribution in [2.24, 2.45) is 0 Å². The number of rotatable bonds is 5. The van der Waals surface area contributed by atoms with Crippen molar-refractivity contribution >= 4 is 11.3 Å². The highest BCUT2D eigenvalue weighted by Gasteiger charge is 2.35. The Labute approximate surface area is 101 Å². The maximum atomic E-state index is 12.3. The molecule has 0 aromatic carbocycles. The van der Waals surface area contributed by atoms with Gasteiger partial charge in [0.25, 0.3) is 0 Å². The van der Waals surface area contributed by atoms with Gasteiger partial charge in [0.05, 0.1) is 11.0 Å². The topological polar surface area (TPSA) is 42.4 Å². The van der Waals surface area contributed by atoms with E-state index in [2.05, 4.69) is 4.98 Å². The molecule has 2 unspecified atom stereocenters. The molecule has 0 aliphatic rings. The lowest BCUT2D eigenvalue weighted by molar-refractivity contribution is -0.137. The molecule has 2 atom stereocenters. The number of aliphatic hydroxyl groups is 1. The van der Waals surface area contributed by atoms with Crippen LogP contribution >= 0.6 is 11.3 Å². The van der Waals surface area contributed by atoms with E-state index in [4.69, 9.17) is 4.74 Å². The van der Waals surface area contributed by atoms with Crippen molar-refractivity contribution in [3.05, 3.63) is 16.1 Å². The first kappa shape index (κ1) is 14.4. The van der Waals surface area contributed by atoms with Gasteiger partial charge in [0, 0.05) is 12.8 Å². The molecule has 3 nitrogen and oxygen atoms in total. The summed E-state index contributed by atoms with van der Waals surface area (Å²) in [4.78, 5) is 3.44. The average molecular weight is 269 g/mol. The van der Waals surface area contributed by atoms with E-state index in [1.54, 1.807) is 13.8 Å². The fourth-order valence-corrected chi connectivity index (χ4v) is 2.21. The van der Waals surface area contributed by atoms with Gasteiger partial charge in [-0.25, -0.2) is 4.98 Å². The van der Waals surface area contributed by atoms with Crippen molar-refractivity contribution < 1.29 is 23.0 Å². The predicted octanol–water partition coefficient (Wildman–Crippen LogP) is 3.01. The van der Waals surface area contributed by atoms with Crippen LogP contribution in [-0.4, -0.2) is 22.8 Å². The normalized spacial score (nSPS) is 15.9. The molecule has 1 rings (SSSR count). The minimum absolute atomic E-state index is 0.178. The zero-order valence-electron chi connectivity index (χ0n) is 9.49. The summed E-state index contributed by atoms with van der Waals surface area (Å²) in [6.07, 6.45) is -4.44. The van der Waals surface area contributed by atoms with Crippen LogP contribution in [0, 0.1) is 0 Å². The highest BCUT2D eigenvalue weighted by Crippen LogP contribution is 2.35. The Morgan fingerprint density at radius 1 is 1.47 bits per heavy atom. The van der Waals surface area contributed by atoms with Crippen LogP contribution in [0.4, 0.5) is 13.2 Å². The zero-order chi connectivity index (χ0) is 13.1. The first-order valence-corrected chi connectivity index (χ1v) is 6.04. The third-order valence-electron chi connectivity index (χ3n) is 2.19. The van der Waals surface area contributed by atoms with Gasteiger partial charge in [0.1, 0.15) is 6.10 Å². The predicted molar refractivity (Wildman–Crippen MR) is 57.8 cm³/mol.